The van der Waals surface area contributed by atoms with Gasteiger partial charge in [0.25, 0.3) is 0 Å². The number of fused-ring (bicyclic) bond motifs is 1. The van der Waals surface area contributed by atoms with E-state index >= 15 is 0 Å². The van der Waals surface area contributed by atoms with Crippen molar-refractivity contribution in [2.45, 2.75) is 26.2 Å². The first-order valence-corrected chi connectivity index (χ1v) is 11.1. The third-order valence-corrected chi connectivity index (χ3v) is 6.34. The van der Waals surface area contributed by atoms with Crippen LogP contribution in [0.25, 0.3) is 0 Å². The molecule has 4 rings (SSSR count). The van der Waals surface area contributed by atoms with Gasteiger partial charge in [0.2, 0.25) is 5.91 Å². The molecule has 0 atom stereocenters. The third kappa shape index (κ3) is 4.93. The highest BCUT2D eigenvalue weighted by molar-refractivity contribution is 5.92. The van der Waals surface area contributed by atoms with Crippen LogP contribution in [0.2, 0.25) is 0 Å². The van der Waals surface area contributed by atoms with E-state index in [4.69, 9.17) is 9.47 Å². The minimum absolute atomic E-state index is 0.0417. The van der Waals surface area contributed by atoms with Crippen LogP contribution in [0.5, 0.6) is 5.75 Å². The van der Waals surface area contributed by atoms with Gasteiger partial charge in [-0.2, -0.15) is 0 Å². The zero-order valence-electron chi connectivity index (χ0n) is 18.7. The average Bonchev–Trinajstić information content (AvgIpc) is 2.80. The molecule has 0 radical (unpaired) electrons. The first-order chi connectivity index (χ1) is 15.4. The van der Waals surface area contributed by atoms with E-state index in [2.05, 4.69) is 11.0 Å². The molecule has 2 aliphatic rings. The minimum Gasteiger partial charge on any atom is -0.496 e. The number of piperazine rings is 1. The molecule has 0 aromatic heterocycles. The van der Waals surface area contributed by atoms with Gasteiger partial charge in [-0.3, -0.25) is 9.69 Å². The molecule has 0 N–H and O–H groups in total. The molecule has 0 spiro atoms. The molecule has 2 heterocycles. The summed E-state index contributed by atoms with van der Waals surface area (Å²) in [6.45, 7) is 5.99. The number of esters is 1. The Balaban J connectivity index is 1.27. The number of cyclic esters (lactones) is 1. The van der Waals surface area contributed by atoms with Crippen molar-refractivity contribution in [1.29, 1.82) is 0 Å². The molecule has 0 aliphatic carbocycles. The van der Waals surface area contributed by atoms with Gasteiger partial charge in [0.05, 0.1) is 25.7 Å². The SMILES string of the molecule is COc1cc(CC(=O)N2CCN(CCc3ccc4c(c3)CCOC4=O)CC2)c(F)cc1C. The summed E-state index contributed by atoms with van der Waals surface area (Å²) in [5.74, 6) is -0.0646. The molecule has 0 saturated carbocycles. The molecule has 170 valence electrons. The zero-order valence-corrected chi connectivity index (χ0v) is 18.7. The maximum Gasteiger partial charge on any atom is 0.338 e. The van der Waals surface area contributed by atoms with Crippen molar-refractivity contribution in [2.75, 3.05) is 46.4 Å². The monoisotopic (exact) mass is 440 g/mol. The fourth-order valence-electron chi connectivity index (χ4n) is 4.37. The quantitative estimate of drug-likeness (QED) is 0.647. The molecule has 2 aromatic rings. The fourth-order valence-corrected chi connectivity index (χ4v) is 4.37. The summed E-state index contributed by atoms with van der Waals surface area (Å²) in [6, 6.07) is 9.01. The van der Waals surface area contributed by atoms with Gasteiger partial charge in [-0.1, -0.05) is 12.1 Å². The normalized spacial score (nSPS) is 16.5. The second kappa shape index (κ2) is 9.69. The van der Waals surface area contributed by atoms with Crippen LogP contribution < -0.4 is 4.74 Å². The summed E-state index contributed by atoms with van der Waals surface area (Å²) in [6.07, 6.45) is 1.70. The number of carbonyl (C=O) groups excluding carboxylic acids is 2. The van der Waals surface area contributed by atoms with Gasteiger partial charge in [0.1, 0.15) is 11.6 Å². The van der Waals surface area contributed by atoms with Crippen LogP contribution >= 0.6 is 0 Å². The van der Waals surface area contributed by atoms with Crippen LogP contribution in [0.4, 0.5) is 4.39 Å². The van der Waals surface area contributed by atoms with E-state index in [9.17, 15) is 14.0 Å². The van der Waals surface area contributed by atoms with E-state index in [0.29, 0.717) is 42.1 Å². The Morgan fingerprint density at radius 1 is 1.16 bits per heavy atom. The Bertz CT molecular complexity index is 1020. The molecule has 7 heteroatoms. The third-order valence-electron chi connectivity index (χ3n) is 6.34. The number of hydrogen-bond donors (Lipinski definition) is 0. The van der Waals surface area contributed by atoms with Crippen LogP contribution in [0, 0.1) is 12.7 Å². The molecule has 32 heavy (non-hydrogen) atoms. The van der Waals surface area contributed by atoms with Gasteiger partial charge < -0.3 is 14.4 Å². The highest BCUT2D eigenvalue weighted by Crippen LogP contribution is 2.23. The second-order valence-electron chi connectivity index (χ2n) is 8.44. The van der Waals surface area contributed by atoms with E-state index in [1.807, 2.05) is 17.0 Å². The summed E-state index contributed by atoms with van der Waals surface area (Å²) < 4.78 is 24.6. The maximum absolute atomic E-state index is 14.3. The molecule has 1 saturated heterocycles. The minimum atomic E-state index is -0.367. The van der Waals surface area contributed by atoms with Crippen molar-refractivity contribution in [3.8, 4) is 5.75 Å². The summed E-state index contributed by atoms with van der Waals surface area (Å²) in [5.41, 5.74) is 4.04. The van der Waals surface area contributed by atoms with Crippen molar-refractivity contribution < 1.29 is 23.5 Å². The number of benzene rings is 2. The van der Waals surface area contributed by atoms with Gasteiger partial charge in [0.15, 0.2) is 0 Å². The lowest BCUT2D eigenvalue weighted by Gasteiger charge is -2.35. The Morgan fingerprint density at radius 2 is 1.94 bits per heavy atom. The molecule has 1 fully saturated rings. The molecule has 1 amide bonds. The lowest BCUT2D eigenvalue weighted by molar-refractivity contribution is -0.132. The predicted molar refractivity (Wildman–Crippen MR) is 119 cm³/mol. The largest absolute Gasteiger partial charge is 0.496 e. The summed E-state index contributed by atoms with van der Waals surface area (Å²) in [4.78, 5) is 28.6. The van der Waals surface area contributed by atoms with E-state index in [-0.39, 0.29) is 24.1 Å². The van der Waals surface area contributed by atoms with Crippen molar-refractivity contribution in [2.24, 2.45) is 0 Å². The first-order valence-electron chi connectivity index (χ1n) is 11.1. The highest BCUT2D eigenvalue weighted by Gasteiger charge is 2.23. The molecular formula is C25H29FN2O4. The number of methoxy groups -OCH3 is 1. The highest BCUT2D eigenvalue weighted by atomic mass is 19.1. The molecule has 0 bridgehead atoms. The summed E-state index contributed by atoms with van der Waals surface area (Å²) >= 11 is 0. The number of amides is 1. The smallest absolute Gasteiger partial charge is 0.338 e. The van der Waals surface area contributed by atoms with Crippen LogP contribution in [0.3, 0.4) is 0 Å². The second-order valence-corrected chi connectivity index (χ2v) is 8.44. The standard InChI is InChI=1S/C25H29FN2O4/c1-17-13-22(26)20(15-23(17)31-2)16-24(29)28-10-8-27(9-11-28)7-5-18-3-4-21-19(14-18)6-12-32-25(21)30/h3-4,13-15H,5-12,16H2,1-2H3. The Labute approximate surface area is 187 Å². The fraction of sp³-hybridized carbons (Fsp3) is 0.440. The lowest BCUT2D eigenvalue weighted by Crippen LogP contribution is -2.49. The molecule has 6 nitrogen and oxygen atoms in total. The Kier molecular flexibility index (Phi) is 6.74. The van der Waals surface area contributed by atoms with Gasteiger partial charge >= 0.3 is 5.97 Å². The van der Waals surface area contributed by atoms with Gasteiger partial charge in [0, 0.05) is 44.7 Å². The Morgan fingerprint density at radius 3 is 2.69 bits per heavy atom. The zero-order chi connectivity index (χ0) is 22.7. The van der Waals surface area contributed by atoms with Crippen molar-refractivity contribution >= 4 is 11.9 Å². The number of rotatable bonds is 6. The Hall–Kier alpha value is -2.93. The van der Waals surface area contributed by atoms with E-state index in [1.54, 1.807) is 20.1 Å². The molecule has 2 aliphatic heterocycles. The molecular weight excluding hydrogens is 411 g/mol. The number of carbonyl (C=O) groups is 2. The summed E-state index contributed by atoms with van der Waals surface area (Å²) in [5, 5.41) is 0. The number of ether oxygens (including phenoxy) is 2. The first kappa shape index (κ1) is 22.3. The van der Waals surface area contributed by atoms with E-state index < -0.39 is 0 Å². The van der Waals surface area contributed by atoms with Crippen molar-refractivity contribution in [3.05, 3.63) is 64.0 Å². The van der Waals surface area contributed by atoms with Crippen LogP contribution in [0.15, 0.2) is 30.3 Å². The van der Waals surface area contributed by atoms with Crippen molar-refractivity contribution in [1.82, 2.24) is 9.80 Å². The van der Waals surface area contributed by atoms with Gasteiger partial charge in [-0.15, -0.1) is 0 Å². The number of aryl methyl sites for hydroxylation is 1. The van der Waals surface area contributed by atoms with Crippen LogP contribution in [-0.2, 0) is 28.8 Å². The van der Waals surface area contributed by atoms with E-state index in [0.717, 1.165) is 38.0 Å². The number of hydrogen-bond acceptors (Lipinski definition) is 5. The number of halogens is 1. The van der Waals surface area contributed by atoms with Crippen LogP contribution in [-0.4, -0.2) is 68.1 Å². The topological polar surface area (TPSA) is 59.1 Å². The summed E-state index contributed by atoms with van der Waals surface area (Å²) in [7, 11) is 1.54. The molecule has 2 aromatic carbocycles. The van der Waals surface area contributed by atoms with Gasteiger partial charge in [-0.25, -0.2) is 9.18 Å². The molecule has 0 unspecified atom stereocenters. The maximum atomic E-state index is 14.3. The predicted octanol–water partition coefficient (Wildman–Crippen LogP) is 2.79. The van der Waals surface area contributed by atoms with Crippen LogP contribution in [0.1, 0.15) is 32.6 Å². The van der Waals surface area contributed by atoms with Gasteiger partial charge in [-0.05, 0) is 48.2 Å². The average molecular weight is 441 g/mol. The lowest BCUT2D eigenvalue weighted by atomic mass is 9.98. The number of nitrogens with zero attached hydrogens (tertiary/aromatic N) is 2. The van der Waals surface area contributed by atoms with Crippen molar-refractivity contribution in [3.63, 3.8) is 0 Å². The van der Waals surface area contributed by atoms with E-state index in [1.165, 1.54) is 11.6 Å².